The van der Waals surface area contributed by atoms with Crippen molar-refractivity contribution in [2.75, 3.05) is 13.2 Å². The van der Waals surface area contributed by atoms with Crippen LogP contribution >= 0.6 is 31.9 Å². The largest absolute Gasteiger partial charge is 0.481 e. The monoisotopic (exact) mass is 391 g/mol. The van der Waals surface area contributed by atoms with E-state index in [4.69, 9.17) is 9.84 Å². The van der Waals surface area contributed by atoms with Gasteiger partial charge in [0.25, 0.3) is 5.91 Å². The first kappa shape index (κ1) is 14.5. The van der Waals surface area contributed by atoms with Crippen LogP contribution < -0.4 is 5.32 Å². The maximum absolute atomic E-state index is 12.1. The molecule has 2 atom stereocenters. The Hall–Kier alpha value is -0.920. The highest BCUT2D eigenvalue weighted by atomic mass is 79.9. The van der Waals surface area contributed by atoms with E-state index in [0.29, 0.717) is 5.56 Å². The third kappa shape index (κ3) is 3.55. The summed E-state index contributed by atoms with van der Waals surface area (Å²) < 4.78 is 6.64. The van der Waals surface area contributed by atoms with Gasteiger partial charge in [-0.2, -0.15) is 0 Å². The van der Waals surface area contributed by atoms with Crippen molar-refractivity contribution in [2.45, 2.75) is 6.04 Å². The van der Waals surface area contributed by atoms with Gasteiger partial charge in [-0.3, -0.25) is 9.59 Å². The Balaban J connectivity index is 2.10. The summed E-state index contributed by atoms with van der Waals surface area (Å²) in [5.74, 6) is -1.97. The number of aliphatic carboxylic acids is 1. The zero-order chi connectivity index (χ0) is 14.0. The lowest BCUT2D eigenvalue weighted by molar-refractivity contribution is -0.142. The van der Waals surface area contributed by atoms with E-state index in [2.05, 4.69) is 37.2 Å². The van der Waals surface area contributed by atoms with Gasteiger partial charge in [0, 0.05) is 14.5 Å². The van der Waals surface area contributed by atoms with Gasteiger partial charge in [0.15, 0.2) is 0 Å². The van der Waals surface area contributed by atoms with Gasteiger partial charge < -0.3 is 15.2 Å². The molecule has 0 aliphatic carbocycles. The number of ether oxygens (including phenoxy) is 1. The molecule has 0 spiro atoms. The van der Waals surface area contributed by atoms with E-state index < -0.39 is 17.9 Å². The maximum atomic E-state index is 12.1. The molecule has 1 saturated heterocycles. The quantitative estimate of drug-likeness (QED) is 0.825. The Kier molecular flexibility index (Phi) is 4.59. The molecule has 1 amide bonds. The number of carbonyl (C=O) groups excluding carboxylic acids is 1. The van der Waals surface area contributed by atoms with E-state index >= 15 is 0 Å². The van der Waals surface area contributed by atoms with Crippen molar-refractivity contribution in [3.8, 4) is 0 Å². The van der Waals surface area contributed by atoms with Gasteiger partial charge >= 0.3 is 5.97 Å². The molecule has 5 nitrogen and oxygen atoms in total. The average molecular weight is 393 g/mol. The third-order valence-electron chi connectivity index (χ3n) is 2.84. The second kappa shape index (κ2) is 6.02. The van der Waals surface area contributed by atoms with Crippen molar-refractivity contribution in [1.29, 1.82) is 0 Å². The second-order valence-electron chi connectivity index (χ2n) is 4.22. The first-order valence-corrected chi connectivity index (χ1v) is 7.13. The molecule has 7 heteroatoms. The molecule has 0 radical (unpaired) electrons. The van der Waals surface area contributed by atoms with Crippen LogP contribution in [-0.2, 0) is 9.53 Å². The highest BCUT2D eigenvalue weighted by molar-refractivity contribution is 9.11. The Morgan fingerprint density at radius 2 is 1.84 bits per heavy atom. The number of carboxylic acids is 1. The van der Waals surface area contributed by atoms with E-state index in [0.717, 1.165) is 8.95 Å². The number of hydrogen-bond donors (Lipinski definition) is 2. The van der Waals surface area contributed by atoms with Crippen LogP contribution in [0.1, 0.15) is 10.4 Å². The van der Waals surface area contributed by atoms with E-state index in [1.54, 1.807) is 12.1 Å². The summed E-state index contributed by atoms with van der Waals surface area (Å²) in [7, 11) is 0. The fourth-order valence-corrected chi connectivity index (χ4v) is 3.17. The van der Waals surface area contributed by atoms with E-state index in [1.165, 1.54) is 0 Å². The summed E-state index contributed by atoms with van der Waals surface area (Å²) in [4.78, 5) is 23.1. The Bertz CT molecular complexity index is 500. The van der Waals surface area contributed by atoms with Crippen LogP contribution in [0.3, 0.4) is 0 Å². The summed E-state index contributed by atoms with van der Waals surface area (Å²) in [6, 6.07) is 4.66. The molecule has 19 heavy (non-hydrogen) atoms. The summed E-state index contributed by atoms with van der Waals surface area (Å²) in [6.07, 6.45) is 0. The molecule has 1 aliphatic heterocycles. The van der Waals surface area contributed by atoms with E-state index in [1.807, 2.05) is 6.07 Å². The number of nitrogens with one attached hydrogen (secondary N) is 1. The Labute approximate surface area is 126 Å². The number of carbonyl (C=O) groups is 2. The fourth-order valence-electron chi connectivity index (χ4n) is 1.88. The van der Waals surface area contributed by atoms with Crippen LogP contribution in [-0.4, -0.2) is 36.2 Å². The van der Waals surface area contributed by atoms with Crippen LogP contribution in [0.4, 0.5) is 0 Å². The molecule has 1 aromatic carbocycles. The minimum atomic E-state index is -0.960. The predicted molar refractivity (Wildman–Crippen MR) is 75.0 cm³/mol. The fraction of sp³-hybridized carbons (Fsp3) is 0.333. The van der Waals surface area contributed by atoms with Crippen LogP contribution in [0.15, 0.2) is 27.1 Å². The van der Waals surface area contributed by atoms with Crippen molar-refractivity contribution in [2.24, 2.45) is 5.92 Å². The lowest BCUT2D eigenvalue weighted by Crippen LogP contribution is -2.42. The van der Waals surface area contributed by atoms with E-state index in [9.17, 15) is 9.59 Å². The standard InChI is InChI=1S/C12H11Br2NO4/c13-7-1-6(2-8(14)3-7)11(16)15-10-5-19-4-9(10)12(17)18/h1-3,9-10H,4-5H2,(H,15,16)(H,17,18). The highest BCUT2D eigenvalue weighted by Crippen LogP contribution is 2.21. The van der Waals surface area contributed by atoms with Gasteiger partial charge in [0.1, 0.15) is 5.92 Å². The smallest absolute Gasteiger partial charge is 0.311 e. The zero-order valence-corrected chi connectivity index (χ0v) is 12.9. The molecule has 2 N–H and O–H groups in total. The number of halogens is 2. The Morgan fingerprint density at radius 1 is 1.21 bits per heavy atom. The molecule has 0 saturated carbocycles. The normalized spacial score (nSPS) is 22.2. The van der Waals surface area contributed by atoms with Crippen LogP contribution in [0.2, 0.25) is 0 Å². The Morgan fingerprint density at radius 3 is 2.42 bits per heavy atom. The van der Waals surface area contributed by atoms with Gasteiger partial charge in [-0.1, -0.05) is 31.9 Å². The molecule has 2 rings (SSSR count). The van der Waals surface area contributed by atoms with Gasteiger partial charge in [0.2, 0.25) is 0 Å². The molecule has 1 heterocycles. The molecule has 0 aromatic heterocycles. The summed E-state index contributed by atoms with van der Waals surface area (Å²) >= 11 is 6.60. The molecule has 2 unspecified atom stereocenters. The third-order valence-corrected chi connectivity index (χ3v) is 3.75. The number of carboxylic acid groups (broad SMARTS) is 1. The lowest BCUT2D eigenvalue weighted by atomic mass is 10.0. The minimum Gasteiger partial charge on any atom is -0.481 e. The second-order valence-corrected chi connectivity index (χ2v) is 6.05. The molecular formula is C12H11Br2NO4. The van der Waals surface area contributed by atoms with Crippen molar-refractivity contribution in [3.63, 3.8) is 0 Å². The molecule has 1 aliphatic rings. The molecule has 102 valence electrons. The van der Waals surface area contributed by atoms with Gasteiger partial charge in [-0.05, 0) is 18.2 Å². The van der Waals surface area contributed by atoms with Gasteiger partial charge in [-0.15, -0.1) is 0 Å². The lowest BCUT2D eigenvalue weighted by Gasteiger charge is -2.15. The molecule has 1 aromatic rings. The van der Waals surface area contributed by atoms with Gasteiger partial charge in [0.05, 0.1) is 19.3 Å². The van der Waals surface area contributed by atoms with Crippen molar-refractivity contribution in [3.05, 3.63) is 32.7 Å². The number of benzene rings is 1. The predicted octanol–water partition coefficient (Wildman–Crippen LogP) is 2.04. The average Bonchev–Trinajstić information content (AvgIpc) is 2.75. The number of amides is 1. The summed E-state index contributed by atoms with van der Waals surface area (Å²) in [5.41, 5.74) is 0.456. The van der Waals surface area contributed by atoms with Crippen molar-refractivity contribution >= 4 is 43.7 Å². The minimum absolute atomic E-state index is 0.127. The number of hydrogen-bond acceptors (Lipinski definition) is 3. The van der Waals surface area contributed by atoms with Crippen LogP contribution in [0.25, 0.3) is 0 Å². The maximum Gasteiger partial charge on any atom is 0.311 e. The first-order valence-electron chi connectivity index (χ1n) is 5.55. The SMILES string of the molecule is O=C(NC1COCC1C(=O)O)c1cc(Br)cc(Br)c1. The first-order chi connectivity index (χ1) is 8.97. The van der Waals surface area contributed by atoms with Crippen molar-refractivity contribution in [1.82, 2.24) is 5.32 Å². The van der Waals surface area contributed by atoms with Gasteiger partial charge in [-0.25, -0.2) is 0 Å². The van der Waals surface area contributed by atoms with Crippen LogP contribution in [0, 0.1) is 5.92 Å². The molecular weight excluding hydrogens is 382 g/mol. The van der Waals surface area contributed by atoms with Crippen molar-refractivity contribution < 1.29 is 19.4 Å². The van der Waals surface area contributed by atoms with Crippen LogP contribution in [0.5, 0.6) is 0 Å². The summed E-state index contributed by atoms with van der Waals surface area (Å²) in [6.45, 7) is 0.348. The summed E-state index contributed by atoms with van der Waals surface area (Å²) in [5, 5.41) is 11.7. The topological polar surface area (TPSA) is 75.6 Å². The van der Waals surface area contributed by atoms with E-state index in [-0.39, 0.29) is 19.1 Å². The highest BCUT2D eigenvalue weighted by Gasteiger charge is 2.35. The molecule has 1 fully saturated rings. The molecule has 0 bridgehead atoms. The zero-order valence-electron chi connectivity index (χ0n) is 9.73. The number of rotatable bonds is 3.